The SMILES string of the molecule is CCn1c(COc2cc(C)c(Cl)c(C)c2)nnc1SCC(=O)Nc1ccccc1C(F)(F)F. The second-order valence-electron chi connectivity index (χ2n) is 7.18. The van der Waals surface area contributed by atoms with E-state index >= 15 is 0 Å². The summed E-state index contributed by atoms with van der Waals surface area (Å²) in [5.41, 5.74) is 0.623. The Morgan fingerprint density at radius 1 is 1.18 bits per heavy atom. The molecule has 0 spiro atoms. The number of carbonyl (C=O) groups excluding carboxylic acids is 1. The van der Waals surface area contributed by atoms with Crippen molar-refractivity contribution < 1.29 is 22.7 Å². The van der Waals surface area contributed by atoms with Crippen molar-refractivity contribution in [3.8, 4) is 5.75 Å². The second-order valence-corrected chi connectivity index (χ2v) is 8.50. The van der Waals surface area contributed by atoms with Gasteiger partial charge in [0.2, 0.25) is 5.91 Å². The number of para-hydroxylation sites is 1. The highest BCUT2D eigenvalue weighted by Crippen LogP contribution is 2.34. The van der Waals surface area contributed by atoms with Crippen molar-refractivity contribution in [3.63, 3.8) is 0 Å². The number of halogens is 4. The van der Waals surface area contributed by atoms with E-state index in [1.807, 2.05) is 32.9 Å². The zero-order valence-corrected chi connectivity index (χ0v) is 19.7. The van der Waals surface area contributed by atoms with Crippen LogP contribution in [0.2, 0.25) is 5.02 Å². The molecule has 0 radical (unpaired) electrons. The lowest BCUT2D eigenvalue weighted by Crippen LogP contribution is -2.18. The van der Waals surface area contributed by atoms with E-state index < -0.39 is 17.6 Å². The van der Waals surface area contributed by atoms with Crippen LogP contribution in [0, 0.1) is 13.8 Å². The molecule has 0 saturated carbocycles. The van der Waals surface area contributed by atoms with E-state index in [-0.39, 0.29) is 18.0 Å². The smallest absolute Gasteiger partial charge is 0.418 e. The Balaban J connectivity index is 1.63. The van der Waals surface area contributed by atoms with Crippen LogP contribution in [0.5, 0.6) is 5.75 Å². The number of rotatable bonds is 8. The fraction of sp³-hybridized carbons (Fsp3) is 0.318. The van der Waals surface area contributed by atoms with Gasteiger partial charge in [0.05, 0.1) is 17.0 Å². The predicted octanol–water partition coefficient (Wildman–Crippen LogP) is 5.90. The third-order valence-corrected chi connectivity index (χ3v) is 6.29. The molecule has 1 amide bonds. The van der Waals surface area contributed by atoms with Gasteiger partial charge in [-0.1, -0.05) is 35.5 Å². The number of amides is 1. The molecular weight excluding hydrogens is 477 g/mol. The van der Waals surface area contributed by atoms with Crippen LogP contribution in [0.3, 0.4) is 0 Å². The van der Waals surface area contributed by atoms with Crippen LogP contribution in [0.25, 0.3) is 0 Å². The number of nitrogens with one attached hydrogen (secondary N) is 1. The average Bonchev–Trinajstić information content (AvgIpc) is 3.16. The molecule has 6 nitrogen and oxygen atoms in total. The number of anilines is 1. The molecule has 0 aliphatic heterocycles. The lowest BCUT2D eigenvalue weighted by Gasteiger charge is -2.13. The standard InChI is InChI=1S/C22H22ClF3N4O2S/c1-4-30-18(11-32-15-9-13(2)20(23)14(3)10-15)28-29-21(30)33-12-19(31)27-17-8-6-5-7-16(17)22(24,25)26/h5-10H,4,11-12H2,1-3H3,(H,27,31). The van der Waals surface area contributed by atoms with Gasteiger partial charge in [-0.3, -0.25) is 4.79 Å². The second kappa shape index (κ2) is 10.5. The molecule has 0 aliphatic carbocycles. The van der Waals surface area contributed by atoms with Gasteiger partial charge in [0.25, 0.3) is 0 Å². The monoisotopic (exact) mass is 498 g/mol. The normalized spacial score (nSPS) is 11.5. The summed E-state index contributed by atoms with van der Waals surface area (Å²) in [5, 5.41) is 11.7. The van der Waals surface area contributed by atoms with Crippen LogP contribution in [-0.2, 0) is 24.1 Å². The first-order valence-electron chi connectivity index (χ1n) is 10.0. The minimum atomic E-state index is -4.56. The summed E-state index contributed by atoms with van der Waals surface area (Å²) in [6, 6.07) is 8.51. The topological polar surface area (TPSA) is 69.0 Å². The van der Waals surface area contributed by atoms with Crippen LogP contribution in [0.4, 0.5) is 18.9 Å². The molecule has 0 aliphatic rings. The van der Waals surface area contributed by atoms with Gasteiger partial charge in [0.1, 0.15) is 12.4 Å². The lowest BCUT2D eigenvalue weighted by molar-refractivity contribution is -0.137. The Labute approximate surface area is 198 Å². The molecule has 11 heteroatoms. The van der Waals surface area contributed by atoms with Crippen molar-refractivity contribution >= 4 is 35.0 Å². The summed E-state index contributed by atoms with van der Waals surface area (Å²) in [6.07, 6.45) is -4.56. The Hall–Kier alpha value is -2.72. The van der Waals surface area contributed by atoms with Gasteiger partial charge >= 0.3 is 6.18 Å². The molecule has 0 unspecified atom stereocenters. The molecule has 1 heterocycles. The predicted molar refractivity (Wildman–Crippen MR) is 122 cm³/mol. The molecule has 0 saturated heterocycles. The average molecular weight is 499 g/mol. The van der Waals surface area contributed by atoms with E-state index in [2.05, 4.69) is 15.5 Å². The first-order valence-corrected chi connectivity index (χ1v) is 11.4. The maximum Gasteiger partial charge on any atom is 0.418 e. The minimum Gasteiger partial charge on any atom is -0.486 e. The maximum absolute atomic E-state index is 13.1. The van der Waals surface area contributed by atoms with Gasteiger partial charge in [-0.15, -0.1) is 10.2 Å². The largest absolute Gasteiger partial charge is 0.486 e. The first kappa shape index (κ1) is 24.9. The van der Waals surface area contributed by atoms with Gasteiger partial charge < -0.3 is 14.6 Å². The number of thioether (sulfide) groups is 1. The summed E-state index contributed by atoms with van der Waals surface area (Å²) >= 11 is 7.27. The number of aryl methyl sites for hydroxylation is 2. The molecule has 1 N–H and O–H groups in total. The lowest BCUT2D eigenvalue weighted by atomic mass is 10.1. The quantitative estimate of drug-likeness (QED) is 0.392. The van der Waals surface area contributed by atoms with Crippen molar-refractivity contribution in [2.24, 2.45) is 0 Å². The summed E-state index contributed by atoms with van der Waals surface area (Å²) < 4.78 is 47.0. The zero-order chi connectivity index (χ0) is 24.2. The van der Waals surface area contributed by atoms with Crippen LogP contribution in [0.15, 0.2) is 41.6 Å². The Kier molecular flexibility index (Phi) is 7.91. The molecule has 3 rings (SSSR count). The van der Waals surface area contributed by atoms with Crippen molar-refractivity contribution in [1.29, 1.82) is 0 Å². The van der Waals surface area contributed by atoms with Gasteiger partial charge in [0, 0.05) is 11.6 Å². The zero-order valence-electron chi connectivity index (χ0n) is 18.2. The first-order chi connectivity index (χ1) is 15.6. The number of carbonyl (C=O) groups is 1. The van der Waals surface area contributed by atoms with Crippen molar-refractivity contribution in [1.82, 2.24) is 14.8 Å². The molecule has 0 atom stereocenters. The fourth-order valence-electron chi connectivity index (χ4n) is 3.14. The summed E-state index contributed by atoms with van der Waals surface area (Å²) in [7, 11) is 0. The molecule has 0 bridgehead atoms. The Bertz CT molecular complexity index is 1130. The molecule has 2 aromatic carbocycles. The molecule has 1 aromatic heterocycles. The number of aromatic nitrogens is 3. The number of ether oxygens (including phenoxy) is 1. The van der Waals surface area contributed by atoms with Crippen LogP contribution in [-0.4, -0.2) is 26.4 Å². The van der Waals surface area contributed by atoms with E-state index in [0.29, 0.717) is 28.3 Å². The number of hydrogen-bond donors (Lipinski definition) is 1. The van der Waals surface area contributed by atoms with Gasteiger partial charge in [-0.05, 0) is 56.2 Å². The Morgan fingerprint density at radius 2 is 1.85 bits per heavy atom. The van der Waals surface area contributed by atoms with Crippen LogP contribution in [0.1, 0.15) is 29.4 Å². The van der Waals surface area contributed by atoms with E-state index in [1.165, 1.54) is 18.2 Å². The highest BCUT2D eigenvalue weighted by atomic mass is 35.5. The Morgan fingerprint density at radius 3 is 2.48 bits per heavy atom. The highest BCUT2D eigenvalue weighted by molar-refractivity contribution is 7.99. The number of nitrogens with zero attached hydrogens (tertiary/aromatic N) is 3. The minimum absolute atomic E-state index is 0.124. The molecule has 33 heavy (non-hydrogen) atoms. The summed E-state index contributed by atoms with van der Waals surface area (Å²) in [4.78, 5) is 12.3. The van der Waals surface area contributed by atoms with E-state index in [1.54, 1.807) is 4.57 Å². The van der Waals surface area contributed by atoms with Gasteiger partial charge in [-0.25, -0.2) is 0 Å². The maximum atomic E-state index is 13.1. The van der Waals surface area contributed by atoms with Crippen LogP contribution >= 0.6 is 23.4 Å². The third kappa shape index (κ3) is 6.20. The van der Waals surface area contributed by atoms with Crippen LogP contribution < -0.4 is 10.1 Å². The van der Waals surface area contributed by atoms with Gasteiger partial charge in [-0.2, -0.15) is 13.2 Å². The third-order valence-electron chi connectivity index (χ3n) is 4.73. The molecule has 0 fully saturated rings. The molecule has 3 aromatic rings. The number of alkyl halides is 3. The van der Waals surface area contributed by atoms with Crippen molar-refractivity contribution in [2.75, 3.05) is 11.1 Å². The van der Waals surface area contributed by atoms with Crippen molar-refractivity contribution in [2.45, 2.75) is 45.3 Å². The van der Waals surface area contributed by atoms with E-state index in [4.69, 9.17) is 16.3 Å². The number of hydrogen-bond acceptors (Lipinski definition) is 5. The van der Waals surface area contributed by atoms with E-state index in [0.717, 1.165) is 29.0 Å². The number of benzene rings is 2. The fourth-order valence-corrected chi connectivity index (χ4v) is 4.07. The molecular formula is C22H22ClF3N4O2S. The van der Waals surface area contributed by atoms with E-state index in [9.17, 15) is 18.0 Å². The summed E-state index contributed by atoms with van der Waals surface area (Å²) in [5.74, 6) is 0.512. The van der Waals surface area contributed by atoms with Crippen molar-refractivity contribution in [3.05, 3.63) is 63.9 Å². The van der Waals surface area contributed by atoms with Gasteiger partial charge in [0.15, 0.2) is 11.0 Å². The summed E-state index contributed by atoms with van der Waals surface area (Å²) in [6.45, 7) is 6.37. The highest BCUT2D eigenvalue weighted by Gasteiger charge is 2.33. The molecule has 176 valence electrons.